The number of H-pyrrole nitrogens is 1. The number of imidazole rings is 1. The third-order valence-corrected chi connectivity index (χ3v) is 3.55. The molecule has 0 unspecified atom stereocenters. The highest BCUT2D eigenvalue weighted by Crippen LogP contribution is 2.26. The molecule has 2 aromatic rings. The van der Waals surface area contributed by atoms with Crippen LogP contribution in [0.15, 0.2) is 48.2 Å². The van der Waals surface area contributed by atoms with E-state index in [2.05, 4.69) is 41.9 Å². The van der Waals surface area contributed by atoms with Gasteiger partial charge in [-0.05, 0) is 17.9 Å². The number of nitrogens with zero attached hydrogens (tertiary/aromatic N) is 1. The maximum absolute atomic E-state index is 4.72. The van der Waals surface area contributed by atoms with Gasteiger partial charge in [0, 0.05) is 22.2 Å². The van der Waals surface area contributed by atoms with Crippen molar-refractivity contribution in [2.45, 2.75) is 19.8 Å². The maximum Gasteiger partial charge on any atom is 0.139 e. The smallest absolute Gasteiger partial charge is 0.139 e. The van der Waals surface area contributed by atoms with Crippen LogP contribution in [0.2, 0.25) is 0 Å². The average Bonchev–Trinajstić information content (AvgIpc) is 3.05. The number of aromatic amines is 1. The zero-order valence-electron chi connectivity index (χ0n) is 11.1. The minimum atomic E-state index is 0.927. The molecule has 3 heteroatoms. The minimum absolute atomic E-state index is 0.927. The molecule has 0 saturated carbocycles. The van der Waals surface area contributed by atoms with Gasteiger partial charge in [0.15, 0.2) is 0 Å². The van der Waals surface area contributed by atoms with Gasteiger partial charge in [-0.15, -0.1) is 0 Å². The second kappa shape index (κ2) is 6.34. The Hall–Kier alpha value is -1.87. The monoisotopic (exact) mass is 270 g/mol. The van der Waals surface area contributed by atoms with Gasteiger partial charge < -0.3 is 4.98 Å². The van der Waals surface area contributed by atoms with Crippen LogP contribution in [0.1, 0.15) is 24.7 Å². The number of aromatic nitrogens is 2. The first-order chi connectivity index (χ1) is 9.30. The Labute approximate surface area is 118 Å². The number of nitrogens with one attached hydrogen (secondary N) is 1. The van der Waals surface area contributed by atoms with Gasteiger partial charge in [-0.25, -0.2) is 4.98 Å². The highest BCUT2D eigenvalue weighted by atomic mass is 32.1. The Bertz CT molecular complexity index is 588. The van der Waals surface area contributed by atoms with E-state index in [1.165, 1.54) is 0 Å². The molecule has 0 saturated heterocycles. The summed E-state index contributed by atoms with van der Waals surface area (Å²) in [6.07, 6.45) is 7.60. The molecular formula is C16H18N2S. The van der Waals surface area contributed by atoms with Gasteiger partial charge in [0.25, 0.3) is 0 Å². The zero-order valence-corrected chi connectivity index (χ0v) is 12.0. The Morgan fingerprint density at radius 1 is 1.47 bits per heavy atom. The standard InChI is InChI=1S/C16H18N2S/c1-4-7-12(6-3)15-14(8-5-2)17-16(18-15)13-9-10-19-11-13/h4,6-7,9-11H,1,3,5,8H2,2H3,(H,17,18)/b12-7+. The van der Waals surface area contributed by atoms with Gasteiger partial charge >= 0.3 is 0 Å². The molecule has 0 aliphatic carbocycles. The van der Waals surface area contributed by atoms with Crippen LogP contribution >= 0.6 is 11.3 Å². The molecule has 0 aliphatic heterocycles. The summed E-state index contributed by atoms with van der Waals surface area (Å²) in [6.45, 7) is 9.77. The first-order valence-electron chi connectivity index (χ1n) is 6.37. The van der Waals surface area contributed by atoms with Gasteiger partial charge in [0.2, 0.25) is 0 Å². The third-order valence-electron chi connectivity index (χ3n) is 2.86. The third kappa shape index (κ3) is 2.93. The molecule has 2 nitrogen and oxygen atoms in total. The second-order valence-electron chi connectivity index (χ2n) is 4.24. The molecule has 1 N–H and O–H groups in total. The fourth-order valence-corrected chi connectivity index (χ4v) is 2.63. The van der Waals surface area contributed by atoms with Crippen molar-refractivity contribution in [2.24, 2.45) is 0 Å². The van der Waals surface area contributed by atoms with Crippen LogP contribution < -0.4 is 0 Å². The molecule has 0 amide bonds. The Balaban J connectivity index is 2.49. The van der Waals surface area contributed by atoms with E-state index >= 15 is 0 Å². The van der Waals surface area contributed by atoms with Crippen LogP contribution in [0.25, 0.3) is 17.0 Å². The Morgan fingerprint density at radius 2 is 2.32 bits per heavy atom. The fourth-order valence-electron chi connectivity index (χ4n) is 1.99. The van der Waals surface area contributed by atoms with E-state index < -0.39 is 0 Å². The van der Waals surface area contributed by atoms with Crippen molar-refractivity contribution in [3.63, 3.8) is 0 Å². The fraction of sp³-hybridized carbons (Fsp3) is 0.188. The molecule has 0 aliphatic rings. The van der Waals surface area contributed by atoms with E-state index in [4.69, 9.17) is 4.98 Å². The van der Waals surface area contributed by atoms with Crippen molar-refractivity contribution in [1.29, 1.82) is 0 Å². The SMILES string of the molecule is C=C/C=C(\C=C)c1nc(-c2ccsc2)[nH]c1CCC. The Morgan fingerprint density at radius 3 is 2.89 bits per heavy atom. The van der Waals surface area contributed by atoms with Gasteiger partial charge in [-0.1, -0.05) is 44.7 Å². The number of allylic oxidation sites excluding steroid dienone is 4. The maximum atomic E-state index is 4.72. The molecule has 2 aromatic heterocycles. The van der Waals surface area contributed by atoms with Crippen molar-refractivity contribution in [3.8, 4) is 11.4 Å². The van der Waals surface area contributed by atoms with Gasteiger partial charge in [0.1, 0.15) is 5.82 Å². The van der Waals surface area contributed by atoms with Gasteiger partial charge in [0.05, 0.1) is 5.69 Å². The summed E-state index contributed by atoms with van der Waals surface area (Å²) in [7, 11) is 0. The molecular weight excluding hydrogens is 252 g/mol. The molecule has 0 spiro atoms. The normalized spacial score (nSPS) is 11.5. The van der Waals surface area contributed by atoms with E-state index in [0.717, 1.165) is 41.2 Å². The summed E-state index contributed by atoms with van der Waals surface area (Å²) in [5.41, 5.74) is 4.29. The van der Waals surface area contributed by atoms with Crippen LogP contribution in [-0.4, -0.2) is 9.97 Å². The van der Waals surface area contributed by atoms with Crippen LogP contribution in [-0.2, 0) is 6.42 Å². The number of rotatable bonds is 6. The zero-order chi connectivity index (χ0) is 13.7. The van der Waals surface area contributed by atoms with Gasteiger partial charge in [-0.2, -0.15) is 11.3 Å². The molecule has 0 aromatic carbocycles. The average molecular weight is 270 g/mol. The first-order valence-corrected chi connectivity index (χ1v) is 7.31. The first kappa shape index (κ1) is 13.6. The summed E-state index contributed by atoms with van der Waals surface area (Å²) in [4.78, 5) is 8.16. The van der Waals surface area contributed by atoms with E-state index in [0.29, 0.717) is 0 Å². The lowest BCUT2D eigenvalue weighted by molar-refractivity contribution is 0.889. The van der Waals surface area contributed by atoms with E-state index in [9.17, 15) is 0 Å². The lowest BCUT2D eigenvalue weighted by Crippen LogP contribution is -1.90. The molecule has 98 valence electrons. The Kier molecular flexibility index (Phi) is 4.53. The molecule has 0 atom stereocenters. The van der Waals surface area contributed by atoms with Crippen molar-refractivity contribution in [3.05, 3.63) is 59.6 Å². The van der Waals surface area contributed by atoms with E-state index in [1.807, 2.05) is 12.2 Å². The minimum Gasteiger partial charge on any atom is -0.341 e. The summed E-state index contributed by atoms with van der Waals surface area (Å²) in [5.74, 6) is 0.927. The van der Waals surface area contributed by atoms with Crippen LogP contribution in [0.5, 0.6) is 0 Å². The molecule has 0 radical (unpaired) electrons. The summed E-state index contributed by atoms with van der Waals surface area (Å²) in [6, 6.07) is 2.08. The summed E-state index contributed by atoms with van der Waals surface area (Å²) >= 11 is 1.68. The van der Waals surface area contributed by atoms with Crippen LogP contribution in [0.3, 0.4) is 0 Å². The summed E-state index contributed by atoms with van der Waals surface area (Å²) in [5, 5.41) is 4.16. The van der Waals surface area contributed by atoms with Crippen molar-refractivity contribution in [1.82, 2.24) is 9.97 Å². The van der Waals surface area contributed by atoms with Crippen LogP contribution in [0.4, 0.5) is 0 Å². The highest BCUT2D eigenvalue weighted by molar-refractivity contribution is 7.08. The van der Waals surface area contributed by atoms with Gasteiger partial charge in [-0.3, -0.25) is 0 Å². The number of thiophene rings is 1. The molecule has 2 rings (SSSR count). The predicted molar refractivity (Wildman–Crippen MR) is 84.3 cm³/mol. The van der Waals surface area contributed by atoms with E-state index in [1.54, 1.807) is 17.4 Å². The molecule has 2 heterocycles. The lowest BCUT2D eigenvalue weighted by atomic mass is 10.1. The molecule has 0 bridgehead atoms. The van der Waals surface area contributed by atoms with E-state index in [-0.39, 0.29) is 0 Å². The summed E-state index contributed by atoms with van der Waals surface area (Å²) < 4.78 is 0. The molecule has 19 heavy (non-hydrogen) atoms. The predicted octanol–water partition coefficient (Wildman–Crippen LogP) is 4.85. The number of hydrogen-bond acceptors (Lipinski definition) is 2. The number of hydrogen-bond donors (Lipinski definition) is 1. The quantitative estimate of drug-likeness (QED) is 0.747. The van der Waals surface area contributed by atoms with Crippen LogP contribution in [0, 0.1) is 0 Å². The van der Waals surface area contributed by atoms with Crippen molar-refractivity contribution < 1.29 is 0 Å². The lowest BCUT2D eigenvalue weighted by Gasteiger charge is -2.00. The highest BCUT2D eigenvalue weighted by Gasteiger charge is 2.13. The second-order valence-corrected chi connectivity index (χ2v) is 5.02. The largest absolute Gasteiger partial charge is 0.341 e. The number of aryl methyl sites for hydroxylation is 1. The topological polar surface area (TPSA) is 28.7 Å². The van der Waals surface area contributed by atoms with Crippen molar-refractivity contribution in [2.75, 3.05) is 0 Å². The van der Waals surface area contributed by atoms with Crippen molar-refractivity contribution >= 4 is 16.9 Å². The molecule has 0 fully saturated rings.